The van der Waals surface area contributed by atoms with E-state index in [0.717, 1.165) is 0 Å². The van der Waals surface area contributed by atoms with Gasteiger partial charge in [-0.25, -0.2) is 9.07 Å². The number of para-hydroxylation sites is 1. The fraction of sp³-hybridized carbons (Fsp3) is 0.353. The van der Waals surface area contributed by atoms with Crippen molar-refractivity contribution >= 4 is 17.6 Å². The Morgan fingerprint density at radius 3 is 2.84 bits per heavy atom. The first-order valence-corrected chi connectivity index (χ1v) is 8.07. The molecule has 1 fully saturated rings. The summed E-state index contributed by atoms with van der Waals surface area (Å²) in [5.74, 6) is -0.819. The van der Waals surface area contributed by atoms with Crippen molar-refractivity contribution in [1.82, 2.24) is 14.7 Å². The fourth-order valence-electron chi connectivity index (χ4n) is 2.99. The van der Waals surface area contributed by atoms with Gasteiger partial charge >= 0.3 is 0 Å². The number of primary amides is 1. The molecular weight excluding hydrogens is 325 g/mol. The quantitative estimate of drug-likeness (QED) is 0.847. The third kappa shape index (κ3) is 3.85. The number of anilines is 1. The Kier molecular flexibility index (Phi) is 4.80. The molecule has 1 saturated heterocycles. The van der Waals surface area contributed by atoms with Gasteiger partial charge in [-0.2, -0.15) is 5.10 Å². The monoisotopic (exact) mass is 345 g/mol. The van der Waals surface area contributed by atoms with Crippen LogP contribution < -0.4 is 11.1 Å². The molecule has 0 spiro atoms. The third-order valence-corrected chi connectivity index (χ3v) is 4.22. The number of rotatable bonds is 5. The Bertz CT molecular complexity index is 804. The lowest BCUT2D eigenvalue weighted by molar-refractivity contribution is -0.122. The number of nitrogens with zero attached hydrogens (tertiary/aromatic N) is 3. The van der Waals surface area contributed by atoms with Crippen LogP contribution in [0.25, 0.3) is 5.69 Å². The van der Waals surface area contributed by atoms with Gasteiger partial charge in [-0.15, -0.1) is 0 Å². The zero-order chi connectivity index (χ0) is 18.0. The molecule has 1 aromatic heterocycles. The van der Waals surface area contributed by atoms with Crippen LogP contribution in [0.1, 0.15) is 12.1 Å². The molecule has 2 heterocycles. The number of carbonyl (C=O) groups excluding carboxylic acids is 2. The van der Waals surface area contributed by atoms with Crippen LogP contribution in [0.3, 0.4) is 0 Å². The van der Waals surface area contributed by atoms with Crippen molar-refractivity contribution in [3.05, 3.63) is 41.8 Å². The van der Waals surface area contributed by atoms with Crippen molar-refractivity contribution in [1.29, 1.82) is 0 Å². The first-order valence-electron chi connectivity index (χ1n) is 8.07. The van der Waals surface area contributed by atoms with Crippen LogP contribution in [0.15, 0.2) is 30.3 Å². The van der Waals surface area contributed by atoms with E-state index in [2.05, 4.69) is 10.4 Å². The number of halogens is 1. The number of hydrogen-bond acceptors (Lipinski definition) is 4. The molecular formula is C17H20FN5O2. The van der Waals surface area contributed by atoms with Crippen molar-refractivity contribution < 1.29 is 14.0 Å². The highest BCUT2D eigenvalue weighted by Gasteiger charge is 2.27. The molecule has 132 valence electrons. The van der Waals surface area contributed by atoms with Gasteiger partial charge in [0.25, 0.3) is 0 Å². The molecule has 2 amide bonds. The summed E-state index contributed by atoms with van der Waals surface area (Å²) in [5.41, 5.74) is 6.23. The smallest absolute Gasteiger partial charge is 0.239 e. The van der Waals surface area contributed by atoms with E-state index >= 15 is 0 Å². The van der Waals surface area contributed by atoms with Gasteiger partial charge in [0.05, 0.1) is 18.2 Å². The number of nitrogens with one attached hydrogen (secondary N) is 1. The second kappa shape index (κ2) is 7.02. The van der Waals surface area contributed by atoms with Crippen molar-refractivity contribution in [2.45, 2.75) is 13.3 Å². The molecule has 3 rings (SSSR count). The number of nitrogens with two attached hydrogens (primary N) is 1. The Hall–Kier alpha value is -2.74. The number of amides is 2. The predicted molar refractivity (Wildman–Crippen MR) is 90.6 cm³/mol. The minimum absolute atomic E-state index is 0.144. The van der Waals surface area contributed by atoms with Crippen LogP contribution in [-0.4, -0.2) is 46.1 Å². The normalized spacial score (nSPS) is 17.6. The summed E-state index contributed by atoms with van der Waals surface area (Å²) in [6.07, 6.45) is 0.662. The standard InChI is InChI=1S/C17H20FN5O2/c1-11-8-15(23(21-11)14-5-3-2-4-13(14)18)20-16(24)10-22-7-6-12(9-22)17(19)25/h2-5,8,12H,6-7,9-10H2,1H3,(H2,19,25)(H,20,24)/t12-/m0/s1. The van der Waals surface area contributed by atoms with Gasteiger partial charge in [0.15, 0.2) is 0 Å². The Morgan fingerprint density at radius 2 is 2.16 bits per heavy atom. The van der Waals surface area contributed by atoms with E-state index in [1.165, 1.54) is 10.7 Å². The van der Waals surface area contributed by atoms with Gasteiger partial charge in [-0.1, -0.05) is 12.1 Å². The Labute approximate surface area is 144 Å². The lowest BCUT2D eigenvalue weighted by Gasteiger charge is -2.15. The van der Waals surface area contributed by atoms with E-state index in [1.54, 1.807) is 31.2 Å². The number of hydrogen-bond donors (Lipinski definition) is 2. The summed E-state index contributed by atoms with van der Waals surface area (Å²) in [7, 11) is 0. The molecule has 1 aliphatic rings. The first-order chi connectivity index (χ1) is 11.9. The highest BCUT2D eigenvalue weighted by Crippen LogP contribution is 2.20. The zero-order valence-corrected chi connectivity index (χ0v) is 13.9. The van der Waals surface area contributed by atoms with E-state index in [4.69, 9.17) is 5.73 Å². The van der Waals surface area contributed by atoms with Crippen molar-refractivity contribution in [2.24, 2.45) is 11.7 Å². The average molecular weight is 345 g/mol. The average Bonchev–Trinajstić information content (AvgIpc) is 3.15. The summed E-state index contributed by atoms with van der Waals surface area (Å²) in [4.78, 5) is 25.4. The van der Waals surface area contributed by atoms with Crippen LogP contribution in [0.4, 0.5) is 10.2 Å². The Balaban J connectivity index is 1.70. The van der Waals surface area contributed by atoms with Gasteiger partial charge in [0, 0.05) is 12.6 Å². The molecule has 0 bridgehead atoms. The molecule has 0 saturated carbocycles. The van der Waals surface area contributed by atoms with Crippen LogP contribution in [-0.2, 0) is 9.59 Å². The Morgan fingerprint density at radius 1 is 1.40 bits per heavy atom. The highest BCUT2D eigenvalue weighted by molar-refractivity contribution is 5.92. The molecule has 25 heavy (non-hydrogen) atoms. The topological polar surface area (TPSA) is 93.3 Å². The lowest BCUT2D eigenvalue weighted by Crippen LogP contribution is -2.33. The van der Waals surface area contributed by atoms with Gasteiger partial charge in [0.1, 0.15) is 17.3 Å². The van der Waals surface area contributed by atoms with Crippen LogP contribution in [0, 0.1) is 18.7 Å². The molecule has 0 radical (unpaired) electrons. The summed E-state index contributed by atoms with van der Waals surface area (Å²) in [6, 6.07) is 7.91. The van der Waals surface area contributed by atoms with E-state index in [-0.39, 0.29) is 30.0 Å². The van der Waals surface area contributed by atoms with E-state index < -0.39 is 5.82 Å². The zero-order valence-electron chi connectivity index (χ0n) is 13.9. The van der Waals surface area contributed by atoms with Crippen LogP contribution in [0.2, 0.25) is 0 Å². The van der Waals surface area contributed by atoms with E-state index in [1.807, 2.05) is 4.90 Å². The minimum Gasteiger partial charge on any atom is -0.369 e. The summed E-state index contributed by atoms with van der Waals surface area (Å²) in [5, 5.41) is 7.01. The third-order valence-electron chi connectivity index (χ3n) is 4.22. The van der Waals surface area contributed by atoms with Crippen molar-refractivity contribution in [3.63, 3.8) is 0 Å². The van der Waals surface area contributed by atoms with Gasteiger partial charge in [-0.05, 0) is 32.0 Å². The molecule has 0 unspecified atom stereocenters. The van der Waals surface area contributed by atoms with Crippen molar-refractivity contribution in [3.8, 4) is 5.69 Å². The molecule has 8 heteroatoms. The van der Waals surface area contributed by atoms with Crippen LogP contribution in [0.5, 0.6) is 0 Å². The molecule has 1 atom stereocenters. The largest absolute Gasteiger partial charge is 0.369 e. The molecule has 0 aliphatic carbocycles. The molecule has 3 N–H and O–H groups in total. The molecule has 7 nitrogen and oxygen atoms in total. The lowest BCUT2D eigenvalue weighted by atomic mass is 10.1. The maximum absolute atomic E-state index is 14.0. The summed E-state index contributed by atoms with van der Waals surface area (Å²) < 4.78 is 15.4. The first kappa shape index (κ1) is 17.1. The van der Waals surface area contributed by atoms with Crippen LogP contribution >= 0.6 is 0 Å². The molecule has 2 aromatic rings. The SMILES string of the molecule is Cc1cc(NC(=O)CN2CC[C@H](C(N)=O)C2)n(-c2ccccc2F)n1. The second-order valence-corrected chi connectivity index (χ2v) is 6.21. The number of aryl methyl sites for hydroxylation is 1. The summed E-state index contributed by atoms with van der Waals surface area (Å²) >= 11 is 0. The van der Waals surface area contributed by atoms with Crippen molar-refractivity contribution in [2.75, 3.05) is 25.0 Å². The van der Waals surface area contributed by atoms with Gasteiger partial charge in [0.2, 0.25) is 11.8 Å². The predicted octanol–water partition coefficient (Wildman–Crippen LogP) is 1.07. The highest BCUT2D eigenvalue weighted by atomic mass is 19.1. The maximum atomic E-state index is 14.0. The van der Waals surface area contributed by atoms with Gasteiger partial charge < -0.3 is 11.1 Å². The summed E-state index contributed by atoms with van der Waals surface area (Å²) in [6.45, 7) is 3.04. The second-order valence-electron chi connectivity index (χ2n) is 6.21. The number of carbonyl (C=O) groups is 2. The number of likely N-dealkylation sites (tertiary alicyclic amines) is 1. The minimum atomic E-state index is -0.426. The van der Waals surface area contributed by atoms with E-state index in [0.29, 0.717) is 31.0 Å². The number of benzene rings is 1. The van der Waals surface area contributed by atoms with E-state index in [9.17, 15) is 14.0 Å². The molecule has 1 aliphatic heterocycles. The molecule has 1 aromatic carbocycles. The number of aromatic nitrogens is 2. The maximum Gasteiger partial charge on any atom is 0.239 e. The van der Waals surface area contributed by atoms with Gasteiger partial charge in [-0.3, -0.25) is 14.5 Å². The fourth-order valence-corrected chi connectivity index (χ4v) is 2.99.